The maximum atomic E-state index is 11.8. The predicted octanol–water partition coefficient (Wildman–Crippen LogP) is 1.70. The molecule has 19 heavy (non-hydrogen) atoms. The highest BCUT2D eigenvalue weighted by atomic mass is 16.6. The normalized spacial score (nSPS) is 12.7. The van der Waals surface area contributed by atoms with Gasteiger partial charge >= 0.3 is 0 Å². The smallest absolute Gasteiger partial charge is 0.288 e. The van der Waals surface area contributed by atoms with E-state index in [4.69, 9.17) is 0 Å². The molecule has 1 N–H and O–H groups in total. The molecule has 1 heterocycles. The molecular weight excluding hydrogens is 246 g/mol. The zero-order chi connectivity index (χ0) is 14.6. The fourth-order valence-corrected chi connectivity index (χ4v) is 1.83. The molecule has 0 fully saturated rings. The SMILES string of the molecule is Cc1cc(=O)n(CC(C)CNC(C)C)cc1[N+](=O)[O-]. The molecule has 0 spiro atoms. The third-order valence-electron chi connectivity index (χ3n) is 2.88. The summed E-state index contributed by atoms with van der Waals surface area (Å²) in [4.78, 5) is 22.2. The highest BCUT2D eigenvalue weighted by molar-refractivity contribution is 5.35. The summed E-state index contributed by atoms with van der Waals surface area (Å²) in [6, 6.07) is 1.70. The van der Waals surface area contributed by atoms with E-state index in [1.54, 1.807) is 6.92 Å². The number of nitro groups is 1. The fourth-order valence-electron chi connectivity index (χ4n) is 1.83. The second-order valence-corrected chi connectivity index (χ2v) is 5.26. The zero-order valence-electron chi connectivity index (χ0n) is 11.8. The molecule has 106 valence electrons. The van der Waals surface area contributed by atoms with E-state index in [2.05, 4.69) is 19.2 Å². The van der Waals surface area contributed by atoms with Crippen LogP contribution in [0.5, 0.6) is 0 Å². The van der Waals surface area contributed by atoms with Crippen LogP contribution in [0.25, 0.3) is 0 Å². The summed E-state index contributed by atoms with van der Waals surface area (Å²) in [5.41, 5.74) is 0.197. The minimum absolute atomic E-state index is 0.0105. The summed E-state index contributed by atoms with van der Waals surface area (Å²) in [7, 11) is 0. The Kier molecular flexibility index (Phi) is 5.23. The van der Waals surface area contributed by atoms with Gasteiger partial charge in [0.1, 0.15) is 0 Å². The fraction of sp³-hybridized carbons (Fsp3) is 0.615. The van der Waals surface area contributed by atoms with Crippen molar-refractivity contribution in [2.45, 2.75) is 40.3 Å². The number of aryl methyl sites for hydroxylation is 1. The topological polar surface area (TPSA) is 77.2 Å². The van der Waals surface area contributed by atoms with Gasteiger partial charge in [-0.1, -0.05) is 20.8 Å². The van der Waals surface area contributed by atoms with Gasteiger partial charge in [0.2, 0.25) is 0 Å². The minimum atomic E-state index is -0.456. The maximum Gasteiger partial charge on any atom is 0.288 e. The summed E-state index contributed by atoms with van der Waals surface area (Å²) in [5, 5.41) is 14.1. The van der Waals surface area contributed by atoms with E-state index in [1.807, 2.05) is 6.92 Å². The third kappa shape index (κ3) is 4.48. The molecule has 0 aliphatic carbocycles. The highest BCUT2D eigenvalue weighted by Gasteiger charge is 2.14. The van der Waals surface area contributed by atoms with E-state index in [-0.39, 0.29) is 17.2 Å². The Balaban J connectivity index is 2.86. The third-order valence-corrected chi connectivity index (χ3v) is 2.88. The van der Waals surface area contributed by atoms with Crippen molar-refractivity contribution in [1.82, 2.24) is 9.88 Å². The quantitative estimate of drug-likeness (QED) is 0.628. The molecule has 6 nitrogen and oxygen atoms in total. The van der Waals surface area contributed by atoms with E-state index in [0.29, 0.717) is 18.2 Å². The maximum absolute atomic E-state index is 11.8. The Morgan fingerprint density at radius 2 is 2.05 bits per heavy atom. The van der Waals surface area contributed by atoms with E-state index < -0.39 is 4.92 Å². The largest absolute Gasteiger partial charge is 0.314 e. The van der Waals surface area contributed by atoms with Crippen LogP contribution in [-0.2, 0) is 6.54 Å². The van der Waals surface area contributed by atoms with Gasteiger partial charge in [-0.2, -0.15) is 0 Å². The van der Waals surface area contributed by atoms with Crippen LogP contribution in [-0.4, -0.2) is 22.1 Å². The minimum Gasteiger partial charge on any atom is -0.314 e. The molecule has 0 aliphatic rings. The molecule has 1 unspecified atom stereocenters. The zero-order valence-corrected chi connectivity index (χ0v) is 11.8. The number of pyridine rings is 1. The molecule has 0 aromatic carbocycles. The van der Waals surface area contributed by atoms with E-state index in [9.17, 15) is 14.9 Å². The van der Waals surface area contributed by atoms with Crippen molar-refractivity contribution in [2.24, 2.45) is 5.92 Å². The van der Waals surface area contributed by atoms with Crippen molar-refractivity contribution in [3.05, 3.63) is 38.3 Å². The van der Waals surface area contributed by atoms with Gasteiger partial charge in [0.05, 0.1) is 11.1 Å². The van der Waals surface area contributed by atoms with Gasteiger partial charge in [-0.15, -0.1) is 0 Å². The molecule has 0 radical (unpaired) electrons. The van der Waals surface area contributed by atoms with Crippen LogP contribution in [0.15, 0.2) is 17.1 Å². The molecule has 0 amide bonds. The van der Waals surface area contributed by atoms with Gasteiger partial charge < -0.3 is 9.88 Å². The van der Waals surface area contributed by atoms with Crippen molar-refractivity contribution < 1.29 is 4.92 Å². The van der Waals surface area contributed by atoms with Gasteiger partial charge in [-0.3, -0.25) is 14.9 Å². The van der Waals surface area contributed by atoms with Crippen LogP contribution in [0.4, 0.5) is 5.69 Å². The van der Waals surface area contributed by atoms with Crippen LogP contribution in [0.3, 0.4) is 0 Å². The molecule has 1 aromatic rings. The predicted molar refractivity (Wildman–Crippen MR) is 74.4 cm³/mol. The Morgan fingerprint density at radius 1 is 1.42 bits per heavy atom. The first-order chi connectivity index (χ1) is 8.81. The first-order valence-corrected chi connectivity index (χ1v) is 6.40. The average Bonchev–Trinajstić information content (AvgIpc) is 2.29. The number of hydrogen-bond acceptors (Lipinski definition) is 4. The van der Waals surface area contributed by atoms with Gasteiger partial charge in [0.15, 0.2) is 0 Å². The van der Waals surface area contributed by atoms with Crippen LogP contribution < -0.4 is 10.9 Å². The number of nitrogens with zero attached hydrogens (tertiary/aromatic N) is 2. The highest BCUT2D eigenvalue weighted by Crippen LogP contribution is 2.14. The molecule has 1 rings (SSSR count). The lowest BCUT2D eigenvalue weighted by Gasteiger charge is -2.16. The van der Waals surface area contributed by atoms with Gasteiger partial charge in [0.25, 0.3) is 11.2 Å². The number of nitrogens with one attached hydrogen (secondary N) is 1. The Labute approximate surface area is 112 Å². The van der Waals surface area contributed by atoms with Crippen molar-refractivity contribution in [3.8, 4) is 0 Å². The summed E-state index contributed by atoms with van der Waals surface area (Å²) >= 11 is 0. The molecule has 6 heteroatoms. The number of aromatic nitrogens is 1. The first kappa shape index (κ1) is 15.4. The molecule has 0 saturated carbocycles. The second-order valence-electron chi connectivity index (χ2n) is 5.26. The van der Waals surface area contributed by atoms with Crippen molar-refractivity contribution >= 4 is 5.69 Å². The summed E-state index contributed by atoms with van der Waals surface area (Å²) in [6.45, 7) is 8.93. The summed E-state index contributed by atoms with van der Waals surface area (Å²) < 4.78 is 1.41. The van der Waals surface area contributed by atoms with Gasteiger partial charge in [0, 0.05) is 24.2 Å². The lowest BCUT2D eigenvalue weighted by Crippen LogP contribution is -2.32. The molecule has 1 atom stereocenters. The van der Waals surface area contributed by atoms with Crippen molar-refractivity contribution in [2.75, 3.05) is 6.54 Å². The molecular formula is C13H21N3O3. The van der Waals surface area contributed by atoms with Crippen LogP contribution >= 0.6 is 0 Å². The summed E-state index contributed by atoms with van der Waals surface area (Å²) in [5.74, 6) is 0.224. The average molecular weight is 267 g/mol. The number of rotatable bonds is 6. The van der Waals surface area contributed by atoms with Crippen LogP contribution in [0.2, 0.25) is 0 Å². The Bertz CT molecular complexity index is 508. The molecule has 0 bridgehead atoms. The van der Waals surface area contributed by atoms with Crippen LogP contribution in [0, 0.1) is 23.0 Å². The van der Waals surface area contributed by atoms with Gasteiger partial charge in [-0.05, 0) is 19.4 Å². The number of hydrogen-bond donors (Lipinski definition) is 1. The Hall–Kier alpha value is -1.69. The van der Waals surface area contributed by atoms with E-state index in [0.717, 1.165) is 6.54 Å². The molecule has 0 aliphatic heterocycles. The van der Waals surface area contributed by atoms with Crippen molar-refractivity contribution in [1.29, 1.82) is 0 Å². The second kappa shape index (κ2) is 6.47. The lowest BCUT2D eigenvalue weighted by atomic mass is 10.1. The Morgan fingerprint density at radius 3 is 2.58 bits per heavy atom. The summed E-state index contributed by atoms with van der Waals surface area (Å²) in [6.07, 6.45) is 1.34. The van der Waals surface area contributed by atoms with Crippen molar-refractivity contribution in [3.63, 3.8) is 0 Å². The van der Waals surface area contributed by atoms with Crippen LogP contribution in [0.1, 0.15) is 26.3 Å². The van der Waals surface area contributed by atoms with Gasteiger partial charge in [-0.25, -0.2) is 0 Å². The molecule has 0 saturated heterocycles. The molecule has 1 aromatic heterocycles. The lowest BCUT2D eigenvalue weighted by molar-refractivity contribution is -0.385. The standard InChI is InChI=1S/C13H21N3O3/c1-9(2)14-6-10(3)7-15-8-12(16(18)19)11(4)5-13(15)17/h5,8-10,14H,6-7H2,1-4H3. The monoisotopic (exact) mass is 267 g/mol. The van der Waals surface area contributed by atoms with E-state index in [1.165, 1.54) is 16.8 Å². The first-order valence-electron chi connectivity index (χ1n) is 6.40. The van der Waals surface area contributed by atoms with E-state index >= 15 is 0 Å².